The number of aryl methyl sites for hydroxylation is 1. The van der Waals surface area contributed by atoms with Crippen LogP contribution in [0.15, 0.2) is 77.0 Å². The fraction of sp³-hybridized carbons (Fsp3) is 0.167. The molecule has 3 aromatic carbocycles. The van der Waals surface area contributed by atoms with Gasteiger partial charge in [-0.15, -0.1) is 11.3 Å². The Morgan fingerprint density at radius 1 is 1.03 bits per heavy atom. The molecule has 33 heavy (non-hydrogen) atoms. The first kappa shape index (κ1) is 23.3. The minimum absolute atomic E-state index is 0.0717. The second kappa shape index (κ2) is 9.56. The largest absolute Gasteiger partial charge is 0.479 e. The first-order valence-corrected chi connectivity index (χ1v) is 12.3. The van der Waals surface area contributed by atoms with Gasteiger partial charge in [0.2, 0.25) is 0 Å². The third kappa shape index (κ3) is 5.22. The summed E-state index contributed by atoms with van der Waals surface area (Å²) in [7, 11) is -4.16. The SMILES string of the molecule is Cc1ccc(S(=O)(=O)OCC(O)C(Oc2c(F)ccc3sccc23)c2cccc(F)c2)cc1. The van der Waals surface area contributed by atoms with E-state index in [-0.39, 0.29) is 16.2 Å². The van der Waals surface area contributed by atoms with E-state index in [2.05, 4.69) is 0 Å². The van der Waals surface area contributed by atoms with E-state index in [0.717, 1.165) is 16.3 Å². The predicted octanol–water partition coefficient (Wildman–Crippen LogP) is 5.37. The van der Waals surface area contributed by atoms with Crippen molar-refractivity contribution >= 4 is 31.5 Å². The maximum absolute atomic E-state index is 14.6. The zero-order chi connectivity index (χ0) is 23.6. The maximum atomic E-state index is 14.6. The van der Waals surface area contributed by atoms with Crippen LogP contribution in [-0.4, -0.2) is 26.2 Å². The molecule has 2 atom stereocenters. The highest BCUT2D eigenvalue weighted by molar-refractivity contribution is 7.86. The number of fused-ring (bicyclic) bond motifs is 1. The standard InChI is InChI=1S/C24H20F2O5S2/c1-15-5-7-18(8-6-15)33(28,29)30-14-21(27)23(16-3-2-4-17(25)13-16)31-24-19-11-12-32-22(19)10-9-20(24)26/h2-13,21,23,27H,14H2,1H3. The van der Waals surface area contributed by atoms with Crippen LogP contribution >= 0.6 is 11.3 Å². The van der Waals surface area contributed by atoms with E-state index in [4.69, 9.17) is 8.92 Å². The van der Waals surface area contributed by atoms with Gasteiger partial charge in [-0.3, -0.25) is 4.18 Å². The summed E-state index contributed by atoms with van der Waals surface area (Å²) in [6, 6.07) is 15.8. The van der Waals surface area contributed by atoms with Crippen LogP contribution in [0.5, 0.6) is 5.75 Å². The Bertz CT molecular complexity index is 1370. The monoisotopic (exact) mass is 490 g/mol. The molecule has 0 aliphatic heterocycles. The normalized spacial score (nSPS) is 13.7. The number of thiophene rings is 1. The summed E-state index contributed by atoms with van der Waals surface area (Å²) in [5.41, 5.74) is 1.07. The molecule has 0 radical (unpaired) electrons. The van der Waals surface area contributed by atoms with E-state index < -0.39 is 40.6 Å². The van der Waals surface area contributed by atoms with E-state index in [9.17, 15) is 22.3 Å². The summed E-state index contributed by atoms with van der Waals surface area (Å²) in [4.78, 5) is -0.0717. The molecule has 1 aromatic heterocycles. The Labute approximate surface area is 194 Å². The molecule has 5 nitrogen and oxygen atoms in total. The lowest BCUT2D eigenvalue weighted by atomic mass is 10.0. The average Bonchev–Trinajstić information content (AvgIpc) is 3.26. The Hall–Kier alpha value is -2.85. The second-order valence-electron chi connectivity index (χ2n) is 7.42. The van der Waals surface area contributed by atoms with Crippen LogP contribution in [0, 0.1) is 18.6 Å². The second-order valence-corrected chi connectivity index (χ2v) is 9.98. The van der Waals surface area contributed by atoms with Gasteiger partial charge in [0.25, 0.3) is 10.1 Å². The number of halogens is 2. The van der Waals surface area contributed by atoms with E-state index in [1.54, 1.807) is 29.6 Å². The smallest absolute Gasteiger partial charge is 0.297 e. The number of rotatable bonds is 8. The molecule has 4 aromatic rings. The molecular formula is C24H20F2O5S2. The van der Waals surface area contributed by atoms with Gasteiger partial charge in [-0.25, -0.2) is 8.78 Å². The molecule has 0 amide bonds. The van der Waals surface area contributed by atoms with Crippen molar-refractivity contribution in [3.05, 3.63) is 94.9 Å². The van der Waals surface area contributed by atoms with Crippen molar-refractivity contribution in [2.75, 3.05) is 6.61 Å². The molecule has 0 spiro atoms. The van der Waals surface area contributed by atoms with Gasteiger partial charge in [0, 0.05) is 10.1 Å². The average molecular weight is 491 g/mol. The lowest BCUT2D eigenvalue weighted by Gasteiger charge is -2.25. The third-order valence-corrected chi connectivity index (χ3v) is 7.19. The van der Waals surface area contributed by atoms with Crippen molar-refractivity contribution in [1.82, 2.24) is 0 Å². The Kier molecular flexibility index (Phi) is 6.76. The maximum Gasteiger partial charge on any atom is 0.297 e. The Morgan fingerprint density at radius 2 is 1.79 bits per heavy atom. The van der Waals surface area contributed by atoms with Crippen molar-refractivity contribution in [2.45, 2.75) is 24.0 Å². The lowest BCUT2D eigenvalue weighted by molar-refractivity contribution is 0.00534. The molecule has 0 aliphatic rings. The summed E-state index contributed by atoms with van der Waals surface area (Å²) in [5.74, 6) is -1.37. The highest BCUT2D eigenvalue weighted by Gasteiger charge is 2.28. The molecule has 4 rings (SSSR count). The van der Waals surface area contributed by atoms with Crippen LogP contribution in [0.2, 0.25) is 0 Å². The van der Waals surface area contributed by atoms with Crippen molar-refractivity contribution in [3.8, 4) is 5.75 Å². The number of aliphatic hydroxyl groups is 1. The van der Waals surface area contributed by atoms with Gasteiger partial charge in [-0.05, 0) is 60.3 Å². The van der Waals surface area contributed by atoms with Crippen molar-refractivity contribution in [1.29, 1.82) is 0 Å². The van der Waals surface area contributed by atoms with Gasteiger partial charge >= 0.3 is 0 Å². The predicted molar refractivity (Wildman–Crippen MR) is 122 cm³/mol. The van der Waals surface area contributed by atoms with Gasteiger partial charge in [-0.1, -0.05) is 29.8 Å². The molecule has 2 unspecified atom stereocenters. The van der Waals surface area contributed by atoms with Gasteiger partial charge in [-0.2, -0.15) is 8.42 Å². The van der Waals surface area contributed by atoms with E-state index in [1.807, 2.05) is 6.92 Å². The quantitative estimate of drug-likeness (QED) is 0.336. The zero-order valence-corrected chi connectivity index (χ0v) is 19.1. The Morgan fingerprint density at radius 3 is 2.52 bits per heavy atom. The van der Waals surface area contributed by atoms with Crippen LogP contribution in [0.25, 0.3) is 10.1 Å². The van der Waals surface area contributed by atoms with E-state index in [1.165, 1.54) is 47.7 Å². The topological polar surface area (TPSA) is 72.8 Å². The summed E-state index contributed by atoms with van der Waals surface area (Å²) in [5, 5.41) is 13.1. The molecule has 0 fully saturated rings. The molecule has 1 heterocycles. The number of hydrogen-bond donors (Lipinski definition) is 1. The fourth-order valence-electron chi connectivity index (χ4n) is 3.31. The van der Waals surface area contributed by atoms with Crippen LogP contribution in [0.3, 0.4) is 0 Å². The number of hydrogen-bond acceptors (Lipinski definition) is 6. The van der Waals surface area contributed by atoms with Crippen molar-refractivity contribution in [3.63, 3.8) is 0 Å². The zero-order valence-electron chi connectivity index (χ0n) is 17.4. The highest BCUT2D eigenvalue weighted by Crippen LogP contribution is 2.36. The van der Waals surface area contributed by atoms with Gasteiger partial charge in [0.1, 0.15) is 11.9 Å². The molecule has 172 valence electrons. The highest BCUT2D eigenvalue weighted by atomic mass is 32.2. The van der Waals surface area contributed by atoms with Crippen LogP contribution in [-0.2, 0) is 14.3 Å². The minimum atomic E-state index is -4.16. The van der Waals surface area contributed by atoms with E-state index in [0.29, 0.717) is 5.39 Å². The minimum Gasteiger partial charge on any atom is -0.479 e. The molecular weight excluding hydrogens is 470 g/mol. The van der Waals surface area contributed by atoms with Crippen molar-refractivity contribution < 1.29 is 31.2 Å². The van der Waals surface area contributed by atoms with Gasteiger partial charge in [0.15, 0.2) is 17.7 Å². The number of aliphatic hydroxyl groups excluding tert-OH is 1. The summed E-state index contributed by atoms with van der Waals surface area (Å²) in [6.45, 7) is 1.13. The molecule has 0 saturated carbocycles. The summed E-state index contributed by atoms with van der Waals surface area (Å²) >= 11 is 1.38. The molecule has 0 bridgehead atoms. The van der Waals surface area contributed by atoms with Gasteiger partial charge in [0.05, 0.1) is 11.5 Å². The summed E-state index contributed by atoms with van der Waals surface area (Å²) in [6.07, 6.45) is -2.85. The molecule has 0 saturated heterocycles. The van der Waals surface area contributed by atoms with Crippen molar-refractivity contribution in [2.24, 2.45) is 0 Å². The molecule has 0 aliphatic carbocycles. The number of benzene rings is 3. The van der Waals surface area contributed by atoms with Crippen LogP contribution in [0.4, 0.5) is 8.78 Å². The first-order valence-electron chi connectivity index (χ1n) is 9.96. The fourth-order valence-corrected chi connectivity index (χ4v) is 5.02. The molecule has 9 heteroatoms. The van der Waals surface area contributed by atoms with Gasteiger partial charge < -0.3 is 9.84 Å². The Balaban J connectivity index is 1.63. The van der Waals surface area contributed by atoms with Crippen LogP contribution < -0.4 is 4.74 Å². The van der Waals surface area contributed by atoms with Crippen LogP contribution in [0.1, 0.15) is 17.2 Å². The number of ether oxygens (including phenoxy) is 1. The molecule has 1 N–H and O–H groups in total. The summed E-state index contributed by atoms with van der Waals surface area (Å²) < 4.78 is 65.2. The third-order valence-electron chi connectivity index (χ3n) is 5.01. The lowest BCUT2D eigenvalue weighted by Crippen LogP contribution is -2.30. The van der Waals surface area contributed by atoms with E-state index >= 15 is 0 Å². The first-order chi connectivity index (χ1) is 15.7.